The van der Waals surface area contributed by atoms with E-state index in [9.17, 15) is 0 Å². The maximum atomic E-state index is 4.73. The van der Waals surface area contributed by atoms with Gasteiger partial charge in [0.25, 0.3) is 0 Å². The van der Waals surface area contributed by atoms with Crippen LogP contribution in [-0.2, 0) is 0 Å². The van der Waals surface area contributed by atoms with Crippen molar-refractivity contribution in [2.75, 3.05) is 29.9 Å². The molecule has 4 heteroatoms. The van der Waals surface area contributed by atoms with E-state index in [-0.39, 0.29) is 0 Å². The van der Waals surface area contributed by atoms with Gasteiger partial charge < -0.3 is 10.2 Å². The molecule has 0 spiro atoms. The van der Waals surface area contributed by atoms with Gasteiger partial charge >= 0.3 is 0 Å². The summed E-state index contributed by atoms with van der Waals surface area (Å²) >= 11 is 0. The summed E-state index contributed by atoms with van der Waals surface area (Å²) in [6.07, 6.45) is 6.34. The number of hydrogen-bond donors (Lipinski definition) is 1. The van der Waals surface area contributed by atoms with Gasteiger partial charge in [-0.25, -0.2) is 9.97 Å². The molecule has 2 heterocycles. The van der Waals surface area contributed by atoms with E-state index in [2.05, 4.69) is 36.0 Å². The van der Waals surface area contributed by atoms with Crippen LogP contribution in [0, 0.1) is 19.8 Å². The van der Waals surface area contributed by atoms with E-state index in [1.165, 1.54) is 31.2 Å². The second-order valence-corrected chi connectivity index (χ2v) is 6.19. The molecule has 1 fully saturated rings. The Labute approximate surface area is 129 Å². The van der Waals surface area contributed by atoms with Crippen molar-refractivity contribution in [1.82, 2.24) is 9.97 Å². The molecule has 1 atom stereocenters. The van der Waals surface area contributed by atoms with Gasteiger partial charge in [-0.2, -0.15) is 0 Å². The molecule has 1 aliphatic heterocycles. The first-order valence-corrected chi connectivity index (χ1v) is 8.49. The van der Waals surface area contributed by atoms with E-state index < -0.39 is 0 Å². The monoisotopic (exact) mass is 290 g/mol. The van der Waals surface area contributed by atoms with Gasteiger partial charge in [-0.3, -0.25) is 0 Å². The van der Waals surface area contributed by atoms with Crippen LogP contribution in [0.3, 0.4) is 0 Å². The molecule has 1 aliphatic rings. The Bertz CT molecular complexity index is 458. The fourth-order valence-electron chi connectivity index (χ4n) is 3.12. The first kappa shape index (κ1) is 16.1. The fraction of sp³-hybridized carbons (Fsp3) is 0.765. The third kappa shape index (κ3) is 4.08. The molecular formula is C17H30N4. The van der Waals surface area contributed by atoms with Crippen LogP contribution in [0.1, 0.15) is 57.3 Å². The maximum Gasteiger partial charge on any atom is 0.137 e. The van der Waals surface area contributed by atoms with E-state index >= 15 is 0 Å². The molecule has 1 aromatic rings. The zero-order valence-electron chi connectivity index (χ0n) is 14.1. The highest BCUT2D eigenvalue weighted by atomic mass is 15.2. The average molecular weight is 290 g/mol. The SMILES string of the molecule is CCCNc1nc(C)nc(N2CCCC(CC)CC2)c1C. The van der Waals surface area contributed by atoms with Crippen LogP contribution < -0.4 is 10.2 Å². The predicted octanol–water partition coefficient (Wildman–Crippen LogP) is 3.93. The number of anilines is 2. The van der Waals surface area contributed by atoms with E-state index in [0.29, 0.717) is 0 Å². The van der Waals surface area contributed by atoms with E-state index in [1.54, 1.807) is 0 Å². The summed E-state index contributed by atoms with van der Waals surface area (Å²) in [4.78, 5) is 11.8. The van der Waals surface area contributed by atoms with Crippen molar-refractivity contribution in [3.05, 3.63) is 11.4 Å². The summed E-state index contributed by atoms with van der Waals surface area (Å²) in [5, 5.41) is 3.44. The molecule has 0 aromatic carbocycles. The van der Waals surface area contributed by atoms with Gasteiger partial charge in [0.15, 0.2) is 0 Å². The molecule has 0 radical (unpaired) electrons. The first-order chi connectivity index (χ1) is 10.2. The van der Waals surface area contributed by atoms with Crippen molar-refractivity contribution in [3.8, 4) is 0 Å². The predicted molar refractivity (Wildman–Crippen MR) is 90.1 cm³/mol. The Morgan fingerprint density at radius 1 is 1.14 bits per heavy atom. The van der Waals surface area contributed by atoms with Crippen molar-refractivity contribution < 1.29 is 0 Å². The molecule has 0 amide bonds. The van der Waals surface area contributed by atoms with Crippen molar-refractivity contribution in [2.45, 2.75) is 59.8 Å². The average Bonchev–Trinajstić information content (AvgIpc) is 2.73. The van der Waals surface area contributed by atoms with Crippen LogP contribution in [0.5, 0.6) is 0 Å². The third-order valence-electron chi connectivity index (χ3n) is 4.50. The Morgan fingerprint density at radius 3 is 2.67 bits per heavy atom. The minimum atomic E-state index is 0.866. The Hall–Kier alpha value is -1.32. The Morgan fingerprint density at radius 2 is 1.95 bits per heavy atom. The zero-order chi connectivity index (χ0) is 15.2. The smallest absolute Gasteiger partial charge is 0.137 e. The van der Waals surface area contributed by atoms with E-state index in [0.717, 1.165) is 49.4 Å². The summed E-state index contributed by atoms with van der Waals surface area (Å²) < 4.78 is 0. The van der Waals surface area contributed by atoms with Gasteiger partial charge in [0, 0.05) is 25.2 Å². The van der Waals surface area contributed by atoms with Gasteiger partial charge in [-0.1, -0.05) is 20.3 Å². The normalized spacial score (nSPS) is 19.4. The number of rotatable bonds is 5. The molecule has 21 heavy (non-hydrogen) atoms. The van der Waals surface area contributed by atoms with Gasteiger partial charge in [0.1, 0.15) is 17.5 Å². The molecular weight excluding hydrogens is 260 g/mol. The zero-order valence-corrected chi connectivity index (χ0v) is 14.1. The number of hydrogen-bond acceptors (Lipinski definition) is 4. The quantitative estimate of drug-likeness (QED) is 0.892. The summed E-state index contributed by atoms with van der Waals surface area (Å²) in [6.45, 7) is 11.9. The van der Waals surface area contributed by atoms with Gasteiger partial charge in [-0.05, 0) is 45.4 Å². The summed E-state index contributed by atoms with van der Waals surface area (Å²) in [5.74, 6) is 3.90. The number of aryl methyl sites for hydroxylation is 1. The van der Waals surface area contributed by atoms with Crippen LogP contribution in [-0.4, -0.2) is 29.6 Å². The van der Waals surface area contributed by atoms with Crippen LogP contribution in [0.2, 0.25) is 0 Å². The van der Waals surface area contributed by atoms with Crippen LogP contribution >= 0.6 is 0 Å². The molecule has 2 rings (SSSR count). The topological polar surface area (TPSA) is 41.1 Å². The third-order valence-corrected chi connectivity index (χ3v) is 4.50. The lowest BCUT2D eigenvalue weighted by atomic mass is 9.98. The molecule has 1 unspecified atom stereocenters. The molecule has 1 N–H and O–H groups in total. The van der Waals surface area contributed by atoms with Crippen molar-refractivity contribution in [1.29, 1.82) is 0 Å². The summed E-state index contributed by atoms with van der Waals surface area (Å²) in [5.41, 5.74) is 1.20. The highest BCUT2D eigenvalue weighted by Gasteiger charge is 2.20. The van der Waals surface area contributed by atoms with Gasteiger partial charge in [-0.15, -0.1) is 0 Å². The minimum absolute atomic E-state index is 0.866. The number of aromatic nitrogens is 2. The van der Waals surface area contributed by atoms with Gasteiger partial charge in [0.2, 0.25) is 0 Å². The standard InChI is InChI=1S/C17H30N4/c1-5-10-18-16-13(3)17(20-14(4)19-16)21-11-7-8-15(6-2)9-12-21/h15H,5-12H2,1-4H3,(H,18,19,20). The second kappa shape index (κ2) is 7.62. The summed E-state index contributed by atoms with van der Waals surface area (Å²) in [7, 11) is 0. The van der Waals surface area contributed by atoms with Crippen molar-refractivity contribution >= 4 is 11.6 Å². The van der Waals surface area contributed by atoms with E-state index in [4.69, 9.17) is 4.98 Å². The number of nitrogens with one attached hydrogen (secondary N) is 1. The van der Waals surface area contributed by atoms with Crippen LogP contribution in [0.25, 0.3) is 0 Å². The molecule has 1 saturated heterocycles. The molecule has 118 valence electrons. The fourth-order valence-corrected chi connectivity index (χ4v) is 3.12. The lowest BCUT2D eigenvalue weighted by molar-refractivity contribution is 0.459. The largest absolute Gasteiger partial charge is 0.370 e. The minimum Gasteiger partial charge on any atom is -0.370 e. The highest BCUT2D eigenvalue weighted by Crippen LogP contribution is 2.28. The van der Waals surface area contributed by atoms with Crippen molar-refractivity contribution in [2.24, 2.45) is 5.92 Å². The molecule has 0 bridgehead atoms. The molecule has 0 aliphatic carbocycles. The van der Waals surface area contributed by atoms with Gasteiger partial charge in [0.05, 0.1) is 0 Å². The molecule has 4 nitrogen and oxygen atoms in total. The lowest BCUT2D eigenvalue weighted by Gasteiger charge is -2.25. The Balaban J connectivity index is 2.20. The number of nitrogens with zero attached hydrogens (tertiary/aromatic N) is 3. The molecule has 0 saturated carbocycles. The van der Waals surface area contributed by atoms with E-state index in [1.807, 2.05) is 6.92 Å². The Kier molecular flexibility index (Phi) is 5.83. The molecule has 1 aromatic heterocycles. The second-order valence-electron chi connectivity index (χ2n) is 6.19. The lowest BCUT2D eigenvalue weighted by Crippen LogP contribution is -2.27. The first-order valence-electron chi connectivity index (χ1n) is 8.49. The highest BCUT2D eigenvalue weighted by molar-refractivity contribution is 5.58. The maximum absolute atomic E-state index is 4.73. The van der Waals surface area contributed by atoms with Crippen LogP contribution in [0.4, 0.5) is 11.6 Å². The van der Waals surface area contributed by atoms with Crippen LogP contribution in [0.15, 0.2) is 0 Å². The summed E-state index contributed by atoms with van der Waals surface area (Å²) in [6, 6.07) is 0. The van der Waals surface area contributed by atoms with Crippen molar-refractivity contribution in [3.63, 3.8) is 0 Å².